The van der Waals surface area contributed by atoms with Gasteiger partial charge in [0.25, 0.3) is 0 Å². The molecule has 2 aromatic carbocycles. The summed E-state index contributed by atoms with van der Waals surface area (Å²) in [5, 5.41) is 0.714. The number of hydrogen-bond donors (Lipinski definition) is 0. The Bertz CT molecular complexity index is 1760. The third-order valence-corrected chi connectivity index (χ3v) is 8.03. The van der Waals surface area contributed by atoms with E-state index in [2.05, 4.69) is 35.5 Å². The lowest BCUT2D eigenvalue weighted by Crippen LogP contribution is -2.16. The SMILES string of the molecule is C#CCC1CC(=O)C(c2c(Cl)cc(C#CC)cc2OC)C1=O.C#CCC1CC(OC)=C(c2c(Cl)cc(C#CC)cc2OC)C1=O. The predicted octanol–water partition coefficient (Wildman–Crippen LogP) is 6.67. The number of ether oxygens (including phenoxy) is 3. The van der Waals surface area contributed by atoms with Crippen molar-refractivity contribution in [2.45, 2.75) is 45.4 Å². The minimum atomic E-state index is -0.899. The smallest absolute Gasteiger partial charge is 0.171 e. The van der Waals surface area contributed by atoms with E-state index in [1.807, 2.05) is 0 Å². The van der Waals surface area contributed by atoms with Crippen molar-refractivity contribution in [3.63, 3.8) is 0 Å². The first kappa shape index (κ1) is 34.9. The molecule has 1 saturated carbocycles. The molecule has 0 heterocycles. The van der Waals surface area contributed by atoms with E-state index in [0.29, 0.717) is 62.4 Å². The van der Waals surface area contributed by atoms with E-state index < -0.39 is 11.8 Å². The second-order valence-electron chi connectivity index (χ2n) is 10.1. The second kappa shape index (κ2) is 15.9. The average Bonchev–Trinajstić information content (AvgIpc) is 3.47. The number of Topliss-reactive ketones (excluding diaryl/α,β-unsaturated/α-hetero) is 3. The number of allylic oxidation sites excluding steroid dienone is 2. The molecule has 0 amide bonds. The van der Waals surface area contributed by atoms with Crippen LogP contribution < -0.4 is 9.47 Å². The van der Waals surface area contributed by atoms with E-state index in [4.69, 9.17) is 50.3 Å². The van der Waals surface area contributed by atoms with Gasteiger partial charge in [-0.1, -0.05) is 35.0 Å². The van der Waals surface area contributed by atoms with Gasteiger partial charge >= 0.3 is 0 Å². The van der Waals surface area contributed by atoms with E-state index in [9.17, 15) is 14.4 Å². The molecule has 0 aromatic heterocycles. The molecule has 45 heavy (non-hydrogen) atoms. The molecule has 0 saturated heterocycles. The number of hydrogen-bond acceptors (Lipinski definition) is 6. The zero-order valence-electron chi connectivity index (χ0n) is 25.7. The number of carbonyl (C=O) groups excluding carboxylic acids is 3. The van der Waals surface area contributed by atoms with Crippen molar-refractivity contribution in [3.05, 3.63) is 62.3 Å². The summed E-state index contributed by atoms with van der Waals surface area (Å²) in [6.45, 7) is 3.45. The highest BCUT2D eigenvalue weighted by molar-refractivity contribution is 6.36. The third-order valence-electron chi connectivity index (χ3n) is 7.42. The van der Waals surface area contributed by atoms with Crippen LogP contribution in [0.4, 0.5) is 0 Å². The number of terminal acetylenes is 2. The molecule has 8 heteroatoms. The highest BCUT2D eigenvalue weighted by atomic mass is 35.5. The van der Waals surface area contributed by atoms with Gasteiger partial charge < -0.3 is 14.2 Å². The molecule has 6 nitrogen and oxygen atoms in total. The van der Waals surface area contributed by atoms with E-state index in [1.165, 1.54) is 21.3 Å². The molecule has 4 rings (SSSR count). The van der Waals surface area contributed by atoms with Gasteiger partial charge in [0, 0.05) is 64.8 Å². The molecule has 3 atom stereocenters. The van der Waals surface area contributed by atoms with E-state index in [-0.39, 0.29) is 36.1 Å². The number of ketones is 3. The molecule has 0 aliphatic heterocycles. The van der Waals surface area contributed by atoms with Crippen molar-refractivity contribution in [2.24, 2.45) is 11.8 Å². The van der Waals surface area contributed by atoms with Crippen LogP contribution in [0.15, 0.2) is 30.0 Å². The van der Waals surface area contributed by atoms with Gasteiger partial charge in [0.05, 0.1) is 31.9 Å². The van der Waals surface area contributed by atoms with Crippen molar-refractivity contribution in [3.8, 4) is 59.9 Å². The summed E-state index contributed by atoms with van der Waals surface area (Å²) in [7, 11) is 4.54. The van der Waals surface area contributed by atoms with Crippen LogP contribution in [-0.4, -0.2) is 38.7 Å². The molecule has 0 spiro atoms. The number of carbonyl (C=O) groups is 3. The first-order chi connectivity index (χ1) is 21.6. The number of rotatable bonds is 7. The van der Waals surface area contributed by atoms with E-state index in [0.717, 1.165) is 5.56 Å². The van der Waals surface area contributed by atoms with Gasteiger partial charge in [0.15, 0.2) is 11.6 Å². The predicted molar refractivity (Wildman–Crippen MR) is 176 cm³/mol. The van der Waals surface area contributed by atoms with Crippen LogP contribution in [0.2, 0.25) is 10.0 Å². The molecule has 2 aliphatic rings. The Morgan fingerprint density at radius 1 is 0.778 bits per heavy atom. The molecule has 0 radical (unpaired) electrons. The van der Waals surface area contributed by atoms with Gasteiger partial charge in [-0.05, 0) is 38.1 Å². The molecule has 0 bridgehead atoms. The zero-order chi connectivity index (χ0) is 33.3. The molecule has 230 valence electrons. The van der Waals surface area contributed by atoms with Crippen molar-refractivity contribution in [1.82, 2.24) is 0 Å². The monoisotopic (exact) mass is 642 g/mol. The summed E-state index contributed by atoms with van der Waals surface area (Å²) < 4.78 is 16.2. The maximum atomic E-state index is 12.7. The fourth-order valence-corrected chi connectivity index (χ4v) is 6.07. The van der Waals surface area contributed by atoms with Crippen molar-refractivity contribution in [2.75, 3.05) is 21.3 Å². The first-order valence-electron chi connectivity index (χ1n) is 14.0. The highest BCUT2D eigenvalue weighted by Crippen LogP contribution is 2.44. The maximum absolute atomic E-state index is 12.7. The van der Waals surface area contributed by atoms with Crippen LogP contribution in [0.3, 0.4) is 0 Å². The summed E-state index contributed by atoms with van der Waals surface area (Å²) in [5.41, 5.74) is 2.80. The van der Waals surface area contributed by atoms with Gasteiger partial charge in [0.2, 0.25) is 0 Å². The zero-order valence-corrected chi connectivity index (χ0v) is 27.2. The lowest BCUT2D eigenvalue weighted by molar-refractivity contribution is -0.124. The van der Waals surface area contributed by atoms with E-state index in [1.54, 1.807) is 38.1 Å². The number of benzene rings is 2. The van der Waals surface area contributed by atoms with Crippen LogP contribution in [0.1, 0.15) is 67.7 Å². The third kappa shape index (κ3) is 7.56. The number of halogens is 2. The largest absolute Gasteiger partial charge is 0.500 e. The standard InChI is InChI=1S/C19H17ClO3.C18H15ClO3/c1-5-7-12-9-14(20)17(15(10-12)22-3)18-16(23-4)11-13(8-6-2)19(18)21;1-4-6-11-8-13(19)16(15(9-11)22-3)17-14(20)10-12(7-5-2)18(17)21/h2,9-10,13H,8,11H2,1,3-4H3;2,8-9,12,17H,7,10H2,1,3H3. The topological polar surface area (TPSA) is 78.9 Å². The Kier molecular flexibility index (Phi) is 12.4. The molecule has 1 fully saturated rings. The van der Waals surface area contributed by atoms with Gasteiger partial charge in [0.1, 0.15) is 29.0 Å². The van der Waals surface area contributed by atoms with Gasteiger partial charge in [-0.25, -0.2) is 0 Å². The quantitative estimate of drug-likeness (QED) is 0.248. The Morgan fingerprint density at radius 2 is 1.33 bits per heavy atom. The van der Waals surface area contributed by atoms with Crippen LogP contribution in [0.5, 0.6) is 11.5 Å². The van der Waals surface area contributed by atoms with Crippen molar-refractivity contribution >= 4 is 46.1 Å². The van der Waals surface area contributed by atoms with Crippen molar-refractivity contribution in [1.29, 1.82) is 0 Å². The van der Waals surface area contributed by atoms with Crippen LogP contribution >= 0.6 is 23.2 Å². The summed E-state index contributed by atoms with van der Waals surface area (Å²) >= 11 is 12.7. The molecule has 2 aromatic rings. The second-order valence-corrected chi connectivity index (χ2v) is 11.0. The molecular formula is C37H32Cl2O6. The van der Waals surface area contributed by atoms with Crippen LogP contribution in [0.25, 0.3) is 5.57 Å². The molecule has 2 aliphatic carbocycles. The Morgan fingerprint density at radius 3 is 1.87 bits per heavy atom. The highest BCUT2D eigenvalue weighted by Gasteiger charge is 2.44. The average molecular weight is 644 g/mol. The molecule has 3 unspecified atom stereocenters. The van der Waals surface area contributed by atoms with E-state index >= 15 is 0 Å². The van der Waals surface area contributed by atoms with Crippen molar-refractivity contribution < 1.29 is 28.6 Å². The van der Waals surface area contributed by atoms with Gasteiger partial charge in [-0.3, -0.25) is 14.4 Å². The molecule has 0 N–H and O–H groups in total. The summed E-state index contributed by atoms with van der Waals surface area (Å²) in [4.78, 5) is 37.5. The van der Waals surface area contributed by atoms with Crippen LogP contribution in [0, 0.1) is 60.2 Å². The Labute approximate surface area is 274 Å². The number of methoxy groups -OCH3 is 3. The lowest BCUT2D eigenvalue weighted by atomic mass is 9.92. The minimum Gasteiger partial charge on any atom is -0.500 e. The normalized spacial score (nSPS) is 18.4. The van der Waals surface area contributed by atoms with Crippen LogP contribution in [-0.2, 0) is 19.1 Å². The maximum Gasteiger partial charge on any atom is 0.171 e. The summed E-state index contributed by atoms with van der Waals surface area (Å²) in [5.74, 6) is 15.9. The fourth-order valence-electron chi connectivity index (χ4n) is 5.45. The van der Waals surface area contributed by atoms with Gasteiger partial charge in [-0.15, -0.1) is 36.5 Å². The molecular weight excluding hydrogens is 611 g/mol. The lowest BCUT2D eigenvalue weighted by Gasteiger charge is -2.15. The Balaban J connectivity index is 0.000000246. The summed E-state index contributed by atoms with van der Waals surface area (Å²) in [6.07, 6.45) is 11.9. The fraction of sp³-hybridized carbons (Fsp3) is 0.324. The minimum absolute atomic E-state index is 0.0608. The van der Waals surface area contributed by atoms with Gasteiger partial charge in [-0.2, -0.15) is 0 Å². The Hall–Kier alpha value is -4.59. The first-order valence-corrected chi connectivity index (χ1v) is 14.7. The summed E-state index contributed by atoms with van der Waals surface area (Å²) in [6, 6.07) is 6.81.